The quantitative estimate of drug-likeness (QED) is 0.774. The molecule has 138 valence electrons. The Morgan fingerprint density at radius 2 is 2.15 bits per heavy atom. The summed E-state index contributed by atoms with van der Waals surface area (Å²) >= 11 is 0. The molecule has 5 rings (SSSR count). The van der Waals surface area contributed by atoms with E-state index in [1.54, 1.807) is 0 Å². The minimum atomic E-state index is -0.568. The molecular formula is C21H26N2O3. The Morgan fingerprint density at radius 1 is 1.31 bits per heavy atom. The van der Waals surface area contributed by atoms with Gasteiger partial charge in [0.05, 0.1) is 25.2 Å². The molecule has 2 fully saturated rings. The van der Waals surface area contributed by atoms with Crippen LogP contribution in [0.1, 0.15) is 36.6 Å². The third kappa shape index (κ3) is 2.33. The highest BCUT2D eigenvalue weighted by molar-refractivity contribution is 5.85. The van der Waals surface area contributed by atoms with Crippen LogP contribution in [0.3, 0.4) is 0 Å². The maximum atomic E-state index is 12.4. The fraction of sp³-hybridized carbons (Fsp3) is 0.571. The van der Waals surface area contributed by atoms with E-state index in [-0.39, 0.29) is 17.8 Å². The third-order valence-electron chi connectivity index (χ3n) is 7.02. The lowest BCUT2D eigenvalue weighted by atomic mass is 9.65. The van der Waals surface area contributed by atoms with Crippen molar-refractivity contribution in [3.63, 3.8) is 0 Å². The number of hydrogen-bond donors (Lipinski definition) is 2. The van der Waals surface area contributed by atoms with Crippen LogP contribution in [0.2, 0.25) is 0 Å². The summed E-state index contributed by atoms with van der Waals surface area (Å²) in [6, 6.07) is 8.83. The van der Waals surface area contributed by atoms with Crippen molar-refractivity contribution in [2.75, 3.05) is 20.2 Å². The van der Waals surface area contributed by atoms with Gasteiger partial charge in [-0.25, -0.2) is 0 Å². The number of nitrogens with one attached hydrogen (secondary N) is 1. The predicted molar refractivity (Wildman–Crippen MR) is 98.7 cm³/mol. The van der Waals surface area contributed by atoms with Gasteiger partial charge in [0.2, 0.25) is 0 Å². The fourth-order valence-corrected chi connectivity index (χ4v) is 5.80. The first-order chi connectivity index (χ1) is 12.7. The van der Waals surface area contributed by atoms with Gasteiger partial charge in [-0.05, 0) is 49.1 Å². The minimum absolute atomic E-state index is 0.199. The molecule has 2 N–H and O–H groups in total. The molecule has 0 spiro atoms. The van der Waals surface area contributed by atoms with E-state index in [2.05, 4.69) is 34.1 Å². The number of fused-ring (bicyclic) bond motifs is 6. The van der Waals surface area contributed by atoms with Gasteiger partial charge in [0, 0.05) is 29.7 Å². The molecule has 1 aromatic carbocycles. The Bertz CT molecular complexity index is 845. The molecule has 1 saturated heterocycles. The smallest absolute Gasteiger partial charge is 0.311 e. The molecule has 3 heterocycles. The predicted octanol–water partition coefficient (Wildman–Crippen LogP) is 2.65. The summed E-state index contributed by atoms with van der Waals surface area (Å²) in [4.78, 5) is 18.6. The van der Waals surface area contributed by atoms with Crippen LogP contribution in [0.25, 0.3) is 10.9 Å². The second-order valence-corrected chi connectivity index (χ2v) is 8.18. The van der Waals surface area contributed by atoms with Crippen LogP contribution in [-0.4, -0.2) is 47.3 Å². The van der Waals surface area contributed by atoms with E-state index in [4.69, 9.17) is 4.74 Å². The molecule has 2 aliphatic heterocycles. The van der Waals surface area contributed by atoms with Crippen molar-refractivity contribution >= 4 is 16.9 Å². The number of H-pyrrole nitrogens is 1. The van der Waals surface area contributed by atoms with Crippen LogP contribution in [0, 0.1) is 17.8 Å². The van der Waals surface area contributed by atoms with Crippen LogP contribution in [0.5, 0.6) is 0 Å². The highest BCUT2D eigenvalue weighted by Crippen LogP contribution is 2.49. The molecule has 1 aliphatic carbocycles. The Morgan fingerprint density at radius 3 is 3.00 bits per heavy atom. The molecule has 1 aromatic heterocycles. The van der Waals surface area contributed by atoms with Crippen molar-refractivity contribution in [1.29, 1.82) is 0 Å². The summed E-state index contributed by atoms with van der Waals surface area (Å²) in [7, 11) is 1.43. The van der Waals surface area contributed by atoms with Gasteiger partial charge in [0.25, 0.3) is 0 Å². The van der Waals surface area contributed by atoms with Crippen molar-refractivity contribution in [3.8, 4) is 0 Å². The van der Waals surface area contributed by atoms with Gasteiger partial charge in [-0.2, -0.15) is 0 Å². The highest BCUT2D eigenvalue weighted by atomic mass is 16.5. The summed E-state index contributed by atoms with van der Waals surface area (Å²) in [5.41, 5.74) is 3.96. The van der Waals surface area contributed by atoms with Crippen LogP contribution >= 0.6 is 0 Å². The van der Waals surface area contributed by atoms with Crippen LogP contribution in [-0.2, 0) is 16.0 Å². The van der Waals surface area contributed by atoms with E-state index < -0.39 is 6.10 Å². The normalized spacial score (nSPS) is 34.0. The van der Waals surface area contributed by atoms with E-state index in [0.29, 0.717) is 18.4 Å². The summed E-state index contributed by atoms with van der Waals surface area (Å²) in [6.07, 6.45) is 3.14. The molecule has 5 heteroatoms. The number of benzene rings is 1. The van der Waals surface area contributed by atoms with Crippen LogP contribution in [0.15, 0.2) is 24.3 Å². The van der Waals surface area contributed by atoms with Crippen molar-refractivity contribution in [2.45, 2.75) is 37.8 Å². The molecule has 3 aliphatic rings. The largest absolute Gasteiger partial charge is 0.469 e. The minimum Gasteiger partial charge on any atom is -0.469 e. The van der Waals surface area contributed by atoms with Gasteiger partial charge in [-0.1, -0.05) is 18.2 Å². The first kappa shape index (κ1) is 16.3. The maximum absolute atomic E-state index is 12.4. The van der Waals surface area contributed by atoms with Gasteiger partial charge in [-0.3, -0.25) is 9.69 Å². The SMILES string of the molecule is [11CH3]OC(=O)[C@@H]1[C@H]2C[C@H]3c4[nH]c5ccccc5c4CCN3C[C@@H]2CC[C@@H]1O. The van der Waals surface area contributed by atoms with E-state index in [1.807, 2.05) is 0 Å². The molecule has 26 heavy (non-hydrogen) atoms. The van der Waals surface area contributed by atoms with Crippen molar-refractivity contribution in [1.82, 2.24) is 9.88 Å². The fourth-order valence-electron chi connectivity index (χ4n) is 5.80. The number of aliphatic hydroxyl groups excluding tert-OH is 1. The number of nitrogens with zero attached hydrogens (tertiary/aromatic N) is 1. The molecule has 1 saturated carbocycles. The van der Waals surface area contributed by atoms with Crippen LogP contribution in [0.4, 0.5) is 0 Å². The zero-order valence-electron chi connectivity index (χ0n) is 15.1. The summed E-state index contributed by atoms with van der Waals surface area (Å²) in [5.74, 6) is 0.0541. The number of hydrogen-bond acceptors (Lipinski definition) is 4. The third-order valence-corrected chi connectivity index (χ3v) is 7.02. The average Bonchev–Trinajstić information content (AvgIpc) is 3.05. The van der Waals surface area contributed by atoms with E-state index in [0.717, 1.165) is 32.4 Å². The Labute approximate surface area is 153 Å². The van der Waals surface area contributed by atoms with E-state index in [9.17, 15) is 9.90 Å². The second-order valence-electron chi connectivity index (χ2n) is 8.18. The zero-order chi connectivity index (χ0) is 17.8. The molecule has 0 unspecified atom stereocenters. The van der Waals surface area contributed by atoms with Crippen molar-refractivity contribution in [2.24, 2.45) is 17.8 Å². The molecule has 0 radical (unpaired) electrons. The first-order valence-corrected chi connectivity index (χ1v) is 9.76. The number of methoxy groups -OCH3 is 1. The Hall–Kier alpha value is -1.85. The zero-order valence-corrected chi connectivity index (χ0v) is 15.1. The maximum Gasteiger partial charge on any atom is 0.311 e. The number of aromatic nitrogens is 1. The number of para-hydroxylation sites is 1. The Kier molecular flexibility index (Phi) is 3.83. The lowest BCUT2D eigenvalue weighted by Gasteiger charge is -2.50. The molecule has 2 aromatic rings. The number of carbonyl (C=O) groups excluding carboxylic acids is 1. The first-order valence-electron chi connectivity index (χ1n) is 9.76. The summed E-state index contributed by atoms with van der Waals surface area (Å²) in [5, 5.41) is 11.8. The standard InChI is InChI=1S/C21H26N2O3/c1-26-21(25)19-15-10-17-20-14(13-4-2-3-5-16(13)22-20)8-9-23(17)11-12(15)6-7-18(19)24/h2-5,12,15,17-19,22,24H,6-11H2,1H3/t12-,15-,17-,18-,19+/m0/s1/i1-1. The summed E-state index contributed by atoms with van der Waals surface area (Å²) < 4.78 is 5.04. The topological polar surface area (TPSA) is 65.6 Å². The number of piperidine rings is 1. The van der Waals surface area contributed by atoms with Gasteiger partial charge in [0.1, 0.15) is 0 Å². The number of rotatable bonds is 1. The van der Waals surface area contributed by atoms with Crippen LogP contribution < -0.4 is 0 Å². The number of ether oxygens (including phenoxy) is 1. The monoisotopic (exact) mass is 353 g/mol. The van der Waals surface area contributed by atoms with Gasteiger partial charge >= 0.3 is 5.97 Å². The molecule has 5 nitrogen and oxygen atoms in total. The lowest BCUT2D eigenvalue weighted by molar-refractivity contribution is -0.160. The molecular weight excluding hydrogens is 327 g/mol. The average molecular weight is 353 g/mol. The Balaban J connectivity index is 1.52. The number of aromatic amines is 1. The van der Waals surface area contributed by atoms with Gasteiger partial charge in [0.15, 0.2) is 0 Å². The summed E-state index contributed by atoms with van der Waals surface area (Å²) in [6.45, 7) is 2.10. The number of esters is 1. The second kappa shape index (κ2) is 6.10. The highest BCUT2D eigenvalue weighted by Gasteiger charge is 2.49. The van der Waals surface area contributed by atoms with E-state index >= 15 is 0 Å². The van der Waals surface area contributed by atoms with Gasteiger partial charge < -0.3 is 14.8 Å². The molecule has 0 bridgehead atoms. The van der Waals surface area contributed by atoms with Gasteiger partial charge in [-0.15, -0.1) is 0 Å². The lowest BCUT2D eigenvalue weighted by Crippen LogP contribution is -2.53. The number of aliphatic hydroxyl groups is 1. The van der Waals surface area contributed by atoms with E-state index in [1.165, 1.54) is 29.3 Å². The van der Waals surface area contributed by atoms with Crippen molar-refractivity contribution in [3.05, 3.63) is 35.5 Å². The molecule has 0 amide bonds. The van der Waals surface area contributed by atoms with Crippen molar-refractivity contribution < 1.29 is 14.6 Å². The molecule has 5 atom stereocenters. The number of carbonyl (C=O) groups is 1.